The Bertz CT molecular complexity index is 385. The molecule has 0 aliphatic rings. The third kappa shape index (κ3) is 2.78. The van der Waals surface area contributed by atoms with Crippen LogP contribution in [0.15, 0.2) is 6.33 Å². The fourth-order valence-corrected chi connectivity index (χ4v) is 1.98. The maximum absolute atomic E-state index is 11.6. The molecule has 96 valence electrons. The van der Waals surface area contributed by atoms with Crippen LogP contribution in [-0.4, -0.2) is 22.1 Å². The van der Waals surface area contributed by atoms with Gasteiger partial charge in [0.2, 0.25) is 0 Å². The number of ether oxygens (including phenoxy) is 1. The lowest BCUT2D eigenvalue weighted by Crippen LogP contribution is -2.17. The Kier molecular flexibility index (Phi) is 4.54. The van der Waals surface area contributed by atoms with Crippen molar-refractivity contribution in [2.75, 3.05) is 12.3 Å². The minimum absolute atomic E-state index is 0.214. The van der Waals surface area contributed by atoms with E-state index in [-0.39, 0.29) is 11.7 Å². The van der Waals surface area contributed by atoms with Gasteiger partial charge in [-0.3, -0.25) is 0 Å². The zero-order chi connectivity index (χ0) is 13.0. The molecule has 2 N–H and O–H groups in total. The summed E-state index contributed by atoms with van der Waals surface area (Å²) < 4.78 is 6.76. The van der Waals surface area contributed by atoms with Crippen molar-refractivity contribution in [2.24, 2.45) is 5.92 Å². The van der Waals surface area contributed by atoms with Crippen molar-refractivity contribution in [3.05, 3.63) is 12.0 Å². The molecule has 1 rings (SSSR count). The van der Waals surface area contributed by atoms with Gasteiger partial charge >= 0.3 is 5.97 Å². The number of nitrogens with two attached hydrogens (primary N) is 1. The molecule has 1 atom stereocenters. The highest BCUT2D eigenvalue weighted by atomic mass is 16.5. The average molecular weight is 239 g/mol. The normalized spacial score (nSPS) is 12.8. The molecular formula is C12H21N3O2. The molecule has 5 heteroatoms. The van der Waals surface area contributed by atoms with Gasteiger partial charge in [-0.2, -0.15) is 0 Å². The Morgan fingerprint density at radius 1 is 1.53 bits per heavy atom. The van der Waals surface area contributed by atoms with Crippen molar-refractivity contribution in [1.29, 1.82) is 0 Å². The lowest BCUT2D eigenvalue weighted by molar-refractivity contribution is 0.0521. The highest BCUT2D eigenvalue weighted by Crippen LogP contribution is 2.26. The fourth-order valence-electron chi connectivity index (χ4n) is 1.98. The fraction of sp³-hybridized carbons (Fsp3) is 0.667. The van der Waals surface area contributed by atoms with E-state index in [4.69, 9.17) is 10.5 Å². The van der Waals surface area contributed by atoms with Gasteiger partial charge in [0.1, 0.15) is 5.82 Å². The van der Waals surface area contributed by atoms with Crippen LogP contribution >= 0.6 is 0 Å². The summed E-state index contributed by atoms with van der Waals surface area (Å²) in [5.74, 6) is 0.373. The number of rotatable bonds is 5. The van der Waals surface area contributed by atoms with Gasteiger partial charge in [0.15, 0.2) is 5.69 Å². The van der Waals surface area contributed by atoms with Crippen LogP contribution in [-0.2, 0) is 4.74 Å². The van der Waals surface area contributed by atoms with E-state index >= 15 is 0 Å². The van der Waals surface area contributed by atoms with E-state index in [1.54, 1.807) is 13.3 Å². The SMILES string of the molecule is CCOC(=O)c1ncn(C(CC)C(C)C)c1N. The van der Waals surface area contributed by atoms with E-state index in [9.17, 15) is 4.79 Å². The smallest absolute Gasteiger partial charge is 0.360 e. The average Bonchev–Trinajstić information content (AvgIpc) is 2.62. The summed E-state index contributed by atoms with van der Waals surface area (Å²) in [6, 6.07) is 0.255. The monoisotopic (exact) mass is 239 g/mol. The highest BCUT2D eigenvalue weighted by molar-refractivity contribution is 5.92. The van der Waals surface area contributed by atoms with Crippen molar-refractivity contribution < 1.29 is 9.53 Å². The third-order valence-electron chi connectivity index (χ3n) is 2.85. The number of aromatic nitrogens is 2. The lowest BCUT2D eigenvalue weighted by Gasteiger charge is -2.21. The molecule has 1 unspecified atom stereocenters. The van der Waals surface area contributed by atoms with Crippen LogP contribution in [0.2, 0.25) is 0 Å². The number of esters is 1. The van der Waals surface area contributed by atoms with E-state index in [1.165, 1.54) is 0 Å². The van der Waals surface area contributed by atoms with Crippen LogP contribution in [0.25, 0.3) is 0 Å². The molecule has 1 aromatic rings. The van der Waals surface area contributed by atoms with Crippen LogP contribution < -0.4 is 5.73 Å². The summed E-state index contributed by atoms with van der Waals surface area (Å²) in [5.41, 5.74) is 6.16. The quantitative estimate of drug-likeness (QED) is 0.800. The van der Waals surface area contributed by atoms with Crippen LogP contribution in [0.3, 0.4) is 0 Å². The number of anilines is 1. The van der Waals surface area contributed by atoms with E-state index < -0.39 is 5.97 Å². The van der Waals surface area contributed by atoms with Gasteiger partial charge in [0, 0.05) is 6.04 Å². The summed E-state index contributed by atoms with van der Waals surface area (Å²) in [4.78, 5) is 15.6. The predicted molar refractivity (Wildman–Crippen MR) is 66.8 cm³/mol. The maximum Gasteiger partial charge on any atom is 0.360 e. The Morgan fingerprint density at radius 2 is 2.18 bits per heavy atom. The molecule has 5 nitrogen and oxygen atoms in total. The standard InChI is InChI=1S/C12H21N3O2/c1-5-9(8(3)4)15-7-14-10(11(15)13)12(16)17-6-2/h7-9H,5-6,13H2,1-4H3. The number of hydrogen-bond acceptors (Lipinski definition) is 4. The van der Waals surface area contributed by atoms with Gasteiger partial charge in [-0.1, -0.05) is 20.8 Å². The number of nitrogens with zero attached hydrogens (tertiary/aromatic N) is 2. The zero-order valence-electron chi connectivity index (χ0n) is 10.9. The number of hydrogen-bond donors (Lipinski definition) is 1. The first-order valence-corrected chi connectivity index (χ1v) is 6.02. The van der Waals surface area contributed by atoms with Gasteiger partial charge in [-0.15, -0.1) is 0 Å². The van der Waals surface area contributed by atoms with Gasteiger partial charge in [-0.05, 0) is 19.3 Å². The molecule has 0 aromatic carbocycles. The molecule has 1 aromatic heterocycles. The van der Waals surface area contributed by atoms with Crippen molar-refractivity contribution in [3.8, 4) is 0 Å². The molecule has 17 heavy (non-hydrogen) atoms. The highest BCUT2D eigenvalue weighted by Gasteiger charge is 2.22. The topological polar surface area (TPSA) is 70.1 Å². The molecule has 0 radical (unpaired) electrons. The van der Waals surface area contributed by atoms with Gasteiger partial charge < -0.3 is 15.0 Å². The second kappa shape index (κ2) is 5.70. The lowest BCUT2D eigenvalue weighted by atomic mass is 10.0. The van der Waals surface area contributed by atoms with Crippen LogP contribution in [0, 0.1) is 5.92 Å². The maximum atomic E-state index is 11.6. The molecule has 0 spiro atoms. The van der Waals surface area contributed by atoms with Crippen molar-refractivity contribution in [3.63, 3.8) is 0 Å². The van der Waals surface area contributed by atoms with E-state index in [2.05, 4.69) is 25.8 Å². The van der Waals surface area contributed by atoms with Gasteiger partial charge in [0.25, 0.3) is 0 Å². The van der Waals surface area contributed by atoms with E-state index in [0.29, 0.717) is 18.3 Å². The molecule has 0 aliphatic heterocycles. The Labute approximate surface area is 102 Å². The summed E-state index contributed by atoms with van der Waals surface area (Å²) in [5, 5.41) is 0. The number of carbonyl (C=O) groups is 1. The first-order valence-electron chi connectivity index (χ1n) is 6.02. The number of nitrogen functional groups attached to an aromatic ring is 1. The van der Waals surface area contributed by atoms with Crippen LogP contribution in [0.1, 0.15) is 50.6 Å². The molecule has 1 heterocycles. The summed E-state index contributed by atoms with van der Waals surface area (Å²) in [7, 11) is 0. The van der Waals surface area contributed by atoms with Crippen LogP contribution in [0.4, 0.5) is 5.82 Å². The molecule has 0 aliphatic carbocycles. The van der Waals surface area contributed by atoms with Crippen molar-refractivity contribution in [1.82, 2.24) is 9.55 Å². The summed E-state index contributed by atoms with van der Waals surface area (Å²) >= 11 is 0. The Balaban J connectivity index is 3.01. The Hall–Kier alpha value is -1.52. The van der Waals surface area contributed by atoms with E-state index in [0.717, 1.165) is 6.42 Å². The zero-order valence-corrected chi connectivity index (χ0v) is 10.9. The minimum atomic E-state index is -0.456. The molecule has 0 bridgehead atoms. The largest absolute Gasteiger partial charge is 0.461 e. The first kappa shape index (κ1) is 13.5. The molecule has 0 fully saturated rings. The second-order valence-electron chi connectivity index (χ2n) is 4.33. The number of carbonyl (C=O) groups excluding carboxylic acids is 1. The minimum Gasteiger partial charge on any atom is -0.461 e. The molecular weight excluding hydrogens is 218 g/mol. The summed E-state index contributed by atoms with van der Waals surface area (Å²) in [6.07, 6.45) is 2.57. The first-order chi connectivity index (χ1) is 8.02. The Morgan fingerprint density at radius 3 is 2.65 bits per heavy atom. The van der Waals surface area contributed by atoms with Gasteiger partial charge in [-0.25, -0.2) is 9.78 Å². The predicted octanol–water partition coefficient (Wildman–Crippen LogP) is 2.25. The third-order valence-corrected chi connectivity index (χ3v) is 2.85. The summed E-state index contributed by atoms with van der Waals surface area (Å²) in [6.45, 7) is 8.42. The number of imidazole rings is 1. The second-order valence-corrected chi connectivity index (χ2v) is 4.33. The van der Waals surface area contributed by atoms with Crippen molar-refractivity contribution >= 4 is 11.8 Å². The van der Waals surface area contributed by atoms with Crippen LogP contribution in [0.5, 0.6) is 0 Å². The molecule has 0 saturated carbocycles. The van der Waals surface area contributed by atoms with Gasteiger partial charge in [0.05, 0.1) is 12.9 Å². The van der Waals surface area contributed by atoms with E-state index in [1.807, 2.05) is 4.57 Å². The van der Waals surface area contributed by atoms with Crippen molar-refractivity contribution in [2.45, 2.75) is 40.2 Å². The molecule has 0 saturated heterocycles. The molecule has 0 amide bonds.